The molecule has 1 aromatic heterocycles. The lowest BCUT2D eigenvalue weighted by Gasteiger charge is -1.98. The van der Waals surface area contributed by atoms with E-state index in [2.05, 4.69) is 27.1 Å². The third-order valence-electron chi connectivity index (χ3n) is 1.67. The van der Waals surface area contributed by atoms with Gasteiger partial charge in [-0.2, -0.15) is 0 Å². The summed E-state index contributed by atoms with van der Waals surface area (Å²) >= 11 is 0. The zero-order chi connectivity index (χ0) is 9.52. The van der Waals surface area contributed by atoms with Crippen LogP contribution in [-0.2, 0) is 6.54 Å². The van der Waals surface area contributed by atoms with Crippen molar-refractivity contribution in [3.8, 4) is 11.8 Å². The number of imidazole rings is 1. The summed E-state index contributed by atoms with van der Waals surface area (Å²) in [5.41, 5.74) is 1.13. The maximum atomic E-state index is 4.11. The van der Waals surface area contributed by atoms with E-state index < -0.39 is 0 Å². The second kappa shape index (κ2) is 5.39. The Hall–Kier alpha value is -1.27. The van der Waals surface area contributed by atoms with Gasteiger partial charge in [0.1, 0.15) is 5.82 Å². The van der Waals surface area contributed by atoms with E-state index in [-0.39, 0.29) is 0 Å². The molecule has 2 N–H and O–H groups in total. The van der Waals surface area contributed by atoms with Gasteiger partial charge < -0.3 is 10.3 Å². The van der Waals surface area contributed by atoms with Gasteiger partial charge in [-0.15, -0.1) is 11.8 Å². The molecule has 0 radical (unpaired) electrons. The van der Waals surface area contributed by atoms with Gasteiger partial charge >= 0.3 is 0 Å². The van der Waals surface area contributed by atoms with Crippen LogP contribution in [0, 0.1) is 18.8 Å². The highest BCUT2D eigenvalue weighted by molar-refractivity contribution is 4.99. The van der Waals surface area contributed by atoms with E-state index in [1.54, 1.807) is 0 Å². The van der Waals surface area contributed by atoms with Crippen LogP contribution in [0.15, 0.2) is 6.20 Å². The molecule has 13 heavy (non-hydrogen) atoms. The summed E-state index contributed by atoms with van der Waals surface area (Å²) in [6.07, 6.45) is 2.76. The molecule has 1 aromatic rings. The lowest BCUT2D eigenvalue weighted by atomic mass is 10.4. The Balaban J connectivity index is 2.15. The second-order valence-corrected chi connectivity index (χ2v) is 2.85. The van der Waals surface area contributed by atoms with Crippen molar-refractivity contribution >= 4 is 0 Å². The van der Waals surface area contributed by atoms with E-state index in [0.29, 0.717) is 0 Å². The van der Waals surface area contributed by atoms with Crippen molar-refractivity contribution in [3.05, 3.63) is 17.7 Å². The summed E-state index contributed by atoms with van der Waals surface area (Å²) < 4.78 is 0. The van der Waals surface area contributed by atoms with E-state index in [1.165, 1.54) is 0 Å². The summed E-state index contributed by atoms with van der Waals surface area (Å²) in [4.78, 5) is 7.27. The van der Waals surface area contributed by atoms with Crippen molar-refractivity contribution in [1.82, 2.24) is 15.3 Å². The van der Waals surface area contributed by atoms with Crippen LogP contribution in [0.4, 0.5) is 0 Å². The van der Waals surface area contributed by atoms with E-state index in [1.807, 2.05) is 20.0 Å². The average molecular weight is 177 g/mol. The standard InChI is InChI=1S/C10H15N3/c1-3-4-5-6-11-7-10-8-12-9(2)13-10/h8,11H,5-7H2,1-2H3,(H,12,13). The third-order valence-corrected chi connectivity index (χ3v) is 1.67. The molecule has 0 aliphatic carbocycles. The smallest absolute Gasteiger partial charge is 0.103 e. The highest BCUT2D eigenvalue weighted by Gasteiger charge is 1.94. The number of H-pyrrole nitrogens is 1. The number of hydrogen-bond donors (Lipinski definition) is 2. The second-order valence-electron chi connectivity index (χ2n) is 2.85. The van der Waals surface area contributed by atoms with E-state index in [4.69, 9.17) is 0 Å². The van der Waals surface area contributed by atoms with Crippen molar-refractivity contribution in [2.24, 2.45) is 0 Å². The molecule has 70 valence electrons. The Labute approximate surface area is 79.0 Å². The van der Waals surface area contributed by atoms with E-state index in [9.17, 15) is 0 Å². The number of nitrogens with one attached hydrogen (secondary N) is 2. The topological polar surface area (TPSA) is 40.7 Å². The summed E-state index contributed by atoms with van der Waals surface area (Å²) in [7, 11) is 0. The molecule has 0 aliphatic rings. The fourth-order valence-corrected chi connectivity index (χ4v) is 1.06. The van der Waals surface area contributed by atoms with Crippen molar-refractivity contribution in [2.75, 3.05) is 6.54 Å². The zero-order valence-electron chi connectivity index (χ0n) is 8.15. The van der Waals surface area contributed by atoms with Gasteiger partial charge in [0.05, 0.1) is 0 Å². The predicted octanol–water partition coefficient (Wildman–Crippen LogP) is 1.22. The first-order valence-electron chi connectivity index (χ1n) is 4.43. The minimum Gasteiger partial charge on any atom is -0.345 e. The number of rotatable bonds is 4. The number of hydrogen-bond acceptors (Lipinski definition) is 2. The van der Waals surface area contributed by atoms with Gasteiger partial charge in [0.15, 0.2) is 0 Å². The molecule has 1 rings (SSSR count). The third kappa shape index (κ3) is 3.77. The van der Waals surface area contributed by atoms with Crippen LogP contribution in [0.1, 0.15) is 24.9 Å². The fraction of sp³-hybridized carbons (Fsp3) is 0.500. The first-order valence-corrected chi connectivity index (χ1v) is 4.43. The van der Waals surface area contributed by atoms with E-state index >= 15 is 0 Å². The monoisotopic (exact) mass is 177 g/mol. The average Bonchev–Trinajstić information content (AvgIpc) is 2.51. The highest BCUT2D eigenvalue weighted by atomic mass is 14.9. The van der Waals surface area contributed by atoms with Crippen molar-refractivity contribution in [1.29, 1.82) is 0 Å². The van der Waals surface area contributed by atoms with Gasteiger partial charge in [0, 0.05) is 31.4 Å². The number of nitrogens with zero attached hydrogens (tertiary/aromatic N) is 1. The molecule has 3 heteroatoms. The van der Waals surface area contributed by atoms with Crippen LogP contribution >= 0.6 is 0 Å². The lowest BCUT2D eigenvalue weighted by molar-refractivity contribution is 0.689. The maximum Gasteiger partial charge on any atom is 0.103 e. The van der Waals surface area contributed by atoms with E-state index in [0.717, 1.165) is 31.0 Å². The molecule has 1 heterocycles. The molecule has 0 saturated heterocycles. The van der Waals surface area contributed by atoms with Crippen LogP contribution in [0.3, 0.4) is 0 Å². The maximum absolute atomic E-state index is 4.11. The number of aromatic nitrogens is 2. The van der Waals surface area contributed by atoms with Crippen LogP contribution in [0.2, 0.25) is 0 Å². The van der Waals surface area contributed by atoms with Crippen LogP contribution in [0.5, 0.6) is 0 Å². The predicted molar refractivity (Wildman–Crippen MR) is 53.1 cm³/mol. The Kier molecular flexibility index (Phi) is 4.07. The molecule has 0 fully saturated rings. The largest absolute Gasteiger partial charge is 0.345 e. The molecule has 0 unspecified atom stereocenters. The Bertz CT molecular complexity index is 303. The lowest BCUT2D eigenvalue weighted by Crippen LogP contribution is -2.14. The molecule has 0 atom stereocenters. The normalized spacial score (nSPS) is 9.38. The summed E-state index contributed by atoms with van der Waals surface area (Å²) in [6, 6.07) is 0. The van der Waals surface area contributed by atoms with Crippen LogP contribution in [-0.4, -0.2) is 16.5 Å². The number of aryl methyl sites for hydroxylation is 1. The molecule has 0 amide bonds. The highest BCUT2D eigenvalue weighted by Crippen LogP contribution is 1.94. The number of aromatic amines is 1. The van der Waals surface area contributed by atoms with Gasteiger partial charge in [-0.25, -0.2) is 4.98 Å². The van der Waals surface area contributed by atoms with Crippen LogP contribution < -0.4 is 5.32 Å². The van der Waals surface area contributed by atoms with Gasteiger partial charge in [-0.3, -0.25) is 0 Å². The van der Waals surface area contributed by atoms with Gasteiger partial charge in [-0.1, -0.05) is 0 Å². The Morgan fingerprint density at radius 2 is 2.46 bits per heavy atom. The van der Waals surface area contributed by atoms with Crippen LogP contribution in [0.25, 0.3) is 0 Å². The van der Waals surface area contributed by atoms with Gasteiger partial charge in [-0.05, 0) is 13.8 Å². The molecular formula is C10H15N3. The first-order chi connectivity index (χ1) is 6.33. The Morgan fingerprint density at radius 1 is 1.62 bits per heavy atom. The summed E-state index contributed by atoms with van der Waals surface area (Å²) in [6.45, 7) is 5.58. The van der Waals surface area contributed by atoms with Gasteiger partial charge in [0.25, 0.3) is 0 Å². The van der Waals surface area contributed by atoms with Crippen molar-refractivity contribution in [3.63, 3.8) is 0 Å². The van der Waals surface area contributed by atoms with Crippen molar-refractivity contribution < 1.29 is 0 Å². The molecular weight excluding hydrogens is 162 g/mol. The first kappa shape index (κ1) is 9.82. The quantitative estimate of drug-likeness (QED) is 0.536. The Morgan fingerprint density at radius 3 is 3.08 bits per heavy atom. The zero-order valence-corrected chi connectivity index (χ0v) is 8.15. The summed E-state index contributed by atoms with van der Waals surface area (Å²) in [5.74, 6) is 6.82. The molecule has 3 nitrogen and oxygen atoms in total. The molecule has 0 spiro atoms. The van der Waals surface area contributed by atoms with Gasteiger partial charge in [0.2, 0.25) is 0 Å². The SMILES string of the molecule is CC#CCCNCc1cnc(C)[nH]1. The summed E-state index contributed by atoms with van der Waals surface area (Å²) in [5, 5.41) is 3.28. The minimum atomic E-state index is 0.840. The molecule has 0 aromatic carbocycles. The molecule has 0 bridgehead atoms. The molecule has 0 aliphatic heterocycles. The molecule has 0 saturated carbocycles. The van der Waals surface area contributed by atoms with Crippen molar-refractivity contribution in [2.45, 2.75) is 26.8 Å². The minimum absolute atomic E-state index is 0.840. The fourth-order valence-electron chi connectivity index (χ4n) is 1.06.